The molecule has 0 heterocycles. The standard InChI is InChI=1S/C12H13BrO4/c1-2-16-10-5-3-4-6-11(10)17-9(8-13)7-12(14)15/h3-7H,2,8H2,1H3,(H,14,15)/b9-7+. The average Bonchev–Trinajstić information content (AvgIpc) is 2.30. The van der Waals surface area contributed by atoms with E-state index in [1.54, 1.807) is 18.2 Å². The Morgan fingerprint density at radius 3 is 2.59 bits per heavy atom. The van der Waals surface area contributed by atoms with Gasteiger partial charge in [0.05, 0.1) is 18.0 Å². The van der Waals surface area contributed by atoms with Crippen LogP contribution in [0.5, 0.6) is 11.5 Å². The van der Waals surface area contributed by atoms with Crippen molar-refractivity contribution in [3.63, 3.8) is 0 Å². The van der Waals surface area contributed by atoms with Gasteiger partial charge in [0, 0.05) is 0 Å². The molecular weight excluding hydrogens is 288 g/mol. The van der Waals surface area contributed by atoms with Crippen molar-refractivity contribution in [3.05, 3.63) is 36.1 Å². The lowest BCUT2D eigenvalue weighted by Gasteiger charge is -2.11. The number of carbonyl (C=O) groups is 1. The highest BCUT2D eigenvalue weighted by molar-refractivity contribution is 9.09. The number of alkyl halides is 1. The average molecular weight is 301 g/mol. The summed E-state index contributed by atoms with van der Waals surface area (Å²) >= 11 is 3.17. The Bertz CT molecular complexity index is 415. The second-order valence-electron chi connectivity index (χ2n) is 3.06. The molecule has 0 atom stereocenters. The van der Waals surface area contributed by atoms with Gasteiger partial charge in [0.1, 0.15) is 5.76 Å². The number of para-hydroxylation sites is 2. The molecule has 0 fully saturated rings. The highest BCUT2D eigenvalue weighted by Crippen LogP contribution is 2.28. The van der Waals surface area contributed by atoms with E-state index in [2.05, 4.69) is 15.9 Å². The summed E-state index contributed by atoms with van der Waals surface area (Å²) in [4.78, 5) is 10.6. The summed E-state index contributed by atoms with van der Waals surface area (Å²) in [7, 11) is 0. The minimum atomic E-state index is -1.05. The lowest BCUT2D eigenvalue weighted by Crippen LogP contribution is -2.03. The zero-order valence-electron chi connectivity index (χ0n) is 9.35. The van der Waals surface area contributed by atoms with Crippen LogP contribution >= 0.6 is 15.9 Å². The van der Waals surface area contributed by atoms with Crippen molar-refractivity contribution in [2.24, 2.45) is 0 Å². The Hall–Kier alpha value is -1.49. The van der Waals surface area contributed by atoms with Crippen molar-refractivity contribution in [3.8, 4) is 11.5 Å². The molecule has 0 saturated carbocycles. The van der Waals surface area contributed by atoms with E-state index < -0.39 is 5.97 Å². The van der Waals surface area contributed by atoms with Gasteiger partial charge in [0.2, 0.25) is 0 Å². The topological polar surface area (TPSA) is 55.8 Å². The molecule has 0 saturated heterocycles. The van der Waals surface area contributed by atoms with Gasteiger partial charge < -0.3 is 14.6 Å². The van der Waals surface area contributed by atoms with Gasteiger partial charge in [-0.05, 0) is 19.1 Å². The minimum Gasteiger partial charge on any atom is -0.490 e. The summed E-state index contributed by atoms with van der Waals surface area (Å²) in [6, 6.07) is 7.12. The Balaban J connectivity index is 2.89. The Morgan fingerprint density at radius 1 is 1.41 bits per heavy atom. The van der Waals surface area contributed by atoms with Gasteiger partial charge in [0.25, 0.3) is 0 Å². The minimum absolute atomic E-state index is 0.310. The molecule has 0 spiro atoms. The predicted molar refractivity (Wildman–Crippen MR) is 67.8 cm³/mol. The van der Waals surface area contributed by atoms with E-state index in [-0.39, 0.29) is 0 Å². The van der Waals surface area contributed by atoms with Crippen LogP contribution in [0.3, 0.4) is 0 Å². The van der Waals surface area contributed by atoms with Crippen molar-refractivity contribution >= 4 is 21.9 Å². The molecule has 0 unspecified atom stereocenters. The van der Waals surface area contributed by atoms with Crippen LogP contribution in [0.4, 0.5) is 0 Å². The maximum Gasteiger partial charge on any atom is 0.331 e. The fourth-order valence-corrected chi connectivity index (χ4v) is 1.46. The maximum absolute atomic E-state index is 10.6. The molecule has 1 rings (SSSR count). The van der Waals surface area contributed by atoms with Gasteiger partial charge in [0.15, 0.2) is 11.5 Å². The lowest BCUT2D eigenvalue weighted by molar-refractivity contribution is -0.131. The number of carboxylic acid groups (broad SMARTS) is 1. The molecule has 4 nitrogen and oxygen atoms in total. The number of carboxylic acids is 1. The van der Waals surface area contributed by atoms with Gasteiger partial charge in [-0.15, -0.1) is 0 Å². The summed E-state index contributed by atoms with van der Waals surface area (Å²) in [5, 5.41) is 8.98. The largest absolute Gasteiger partial charge is 0.490 e. The third kappa shape index (κ3) is 4.48. The van der Waals surface area contributed by atoms with Crippen LogP contribution in [0.1, 0.15) is 6.92 Å². The Kier molecular flexibility index (Phi) is 5.56. The number of halogens is 1. The first-order valence-electron chi connectivity index (χ1n) is 5.06. The number of allylic oxidation sites excluding steroid dienone is 1. The Labute approximate surface area is 108 Å². The van der Waals surface area contributed by atoms with Gasteiger partial charge in [-0.1, -0.05) is 28.1 Å². The SMILES string of the molecule is CCOc1ccccc1O/C(=C/C(=O)O)CBr. The van der Waals surface area contributed by atoms with Crippen molar-refractivity contribution in [2.45, 2.75) is 6.92 Å². The molecule has 0 aromatic heterocycles. The first-order chi connectivity index (χ1) is 8.17. The van der Waals surface area contributed by atoms with Crippen LogP contribution in [0.25, 0.3) is 0 Å². The van der Waals surface area contributed by atoms with Gasteiger partial charge >= 0.3 is 5.97 Å². The molecule has 0 aliphatic heterocycles. The highest BCUT2D eigenvalue weighted by Gasteiger charge is 2.07. The molecule has 1 N–H and O–H groups in total. The number of benzene rings is 1. The molecule has 0 aliphatic carbocycles. The summed E-state index contributed by atoms with van der Waals surface area (Å²) < 4.78 is 10.8. The van der Waals surface area contributed by atoms with Crippen molar-refractivity contribution in [1.29, 1.82) is 0 Å². The fraction of sp³-hybridized carbons (Fsp3) is 0.250. The van der Waals surface area contributed by atoms with Crippen molar-refractivity contribution in [2.75, 3.05) is 11.9 Å². The van der Waals surface area contributed by atoms with E-state index in [0.717, 1.165) is 6.08 Å². The molecule has 0 aliphatic rings. The van der Waals surface area contributed by atoms with Gasteiger partial charge in [-0.2, -0.15) is 0 Å². The fourth-order valence-electron chi connectivity index (χ4n) is 1.18. The monoisotopic (exact) mass is 300 g/mol. The Morgan fingerprint density at radius 2 is 2.06 bits per heavy atom. The van der Waals surface area contributed by atoms with Crippen LogP contribution in [-0.4, -0.2) is 23.0 Å². The van der Waals surface area contributed by atoms with Gasteiger partial charge in [-0.3, -0.25) is 0 Å². The van der Waals surface area contributed by atoms with Crippen LogP contribution < -0.4 is 9.47 Å². The highest BCUT2D eigenvalue weighted by atomic mass is 79.9. The first-order valence-corrected chi connectivity index (χ1v) is 6.18. The van der Waals surface area contributed by atoms with E-state index in [0.29, 0.717) is 29.2 Å². The predicted octanol–water partition coefficient (Wildman–Crippen LogP) is 2.83. The number of rotatable bonds is 6. The quantitative estimate of drug-likeness (QED) is 0.499. The zero-order chi connectivity index (χ0) is 12.7. The summed E-state index contributed by atoms with van der Waals surface area (Å²) in [6.07, 6.45) is 1.01. The summed E-state index contributed by atoms with van der Waals surface area (Å²) in [6.45, 7) is 2.39. The smallest absolute Gasteiger partial charge is 0.331 e. The second-order valence-corrected chi connectivity index (χ2v) is 3.63. The number of hydrogen-bond acceptors (Lipinski definition) is 3. The van der Waals surface area contributed by atoms with Crippen molar-refractivity contribution < 1.29 is 19.4 Å². The molecule has 1 aromatic carbocycles. The van der Waals surface area contributed by atoms with Crippen LogP contribution in [0, 0.1) is 0 Å². The maximum atomic E-state index is 10.6. The van der Waals surface area contributed by atoms with E-state index in [4.69, 9.17) is 14.6 Å². The second kappa shape index (κ2) is 6.96. The zero-order valence-corrected chi connectivity index (χ0v) is 10.9. The van der Waals surface area contributed by atoms with Crippen LogP contribution in [0.15, 0.2) is 36.1 Å². The summed E-state index contributed by atoms with van der Waals surface area (Å²) in [5.74, 6) is 0.353. The van der Waals surface area contributed by atoms with E-state index >= 15 is 0 Å². The van der Waals surface area contributed by atoms with E-state index in [1.807, 2.05) is 13.0 Å². The molecule has 0 bridgehead atoms. The van der Waals surface area contributed by atoms with Crippen LogP contribution in [-0.2, 0) is 4.79 Å². The van der Waals surface area contributed by atoms with E-state index in [9.17, 15) is 4.79 Å². The third-order valence-electron chi connectivity index (χ3n) is 1.81. The molecular formula is C12H13BrO4. The third-order valence-corrected chi connectivity index (χ3v) is 2.36. The van der Waals surface area contributed by atoms with E-state index in [1.165, 1.54) is 0 Å². The normalized spacial score (nSPS) is 11.1. The molecule has 17 heavy (non-hydrogen) atoms. The molecule has 0 amide bonds. The molecule has 0 radical (unpaired) electrons. The number of hydrogen-bond donors (Lipinski definition) is 1. The molecule has 92 valence electrons. The lowest BCUT2D eigenvalue weighted by atomic mass is 10.3. The van der Waals surface area contributed by atoms with Crippen molar-refractivity contribution in [1.82, 2.24) is 0 Å². The molecule has 1 aromatic rings. The number of ether oxygens (including phenoxy) is 2. The first kappa shape index (κ1) is 13.6. The summed E-state index contributed by atoms with van der Waals surface area (Å²) in [5.41, 5.74) is 0. The van der Waals surface area contributed by atoms with Gasteiger partial charge in [-0.25, -0.2) is 4.79 Å². The molecule has 5 heteroatoms. The number of aliphatic carboxylic acids is 1. The van der Waals surface area contributed by atoms with Crippen LogP contribution in [0.2, 0.25) is 0 Å².